The van der Waals surface area contributed by atoms with Crippen molar-refractivity contribution in [3.63, 3.8) is 0 Å². The van der Waals surface area contributed by atoms with Crippen LogP contribution in [0, 0.1) is 11.3 Å². The van der Waals surface area contributed by atoms with Gasteiger partial charge in [0.15, 0.2) is 5.96 Å². The average Bonchev–Trinajstić information content (AvgIpc) is 3.42. The lowest BCUT2D eigenvalue weighted by atomic mass is 9.54. The van der Waals surface area contributed by atoms with Crippen LogP contribution in [-0.4, -0.2) is 44.4 Å². The third-order valence-corrected chi connectivity index (χ3v) is 6.46. The Hall–Kier alpha value is -0.800. The van der Waals surface area contributed by atoms with E-state index in [1.165, 1.54) is 32.1 Å². The van der Waals surface area contributed by atoms with Crippen LogP contribution in [0.2, 0.25) is 0 Å². The fourth-order valence-electron chi connectivity index (χ4n) is 5.30. The molecule has 4 rings (SSSR count). The van der Waals surface area contributed by atoms with Gasteiger partial charge in [-0.25, -0.2) is 0 Å². The lowest BCUT2D eigenvalue weighted by molar-refractivity contribution is -0.125. The Morgan fingerprint density at radius 1 is 1.36 bits per heavy atom. The summed E-state index contributed by atoms with van der Waals surface area (Å²) in [7, 11) is 0. The number of aliphatic imine (C=N–C) groups is 1. The summed E-state index contributed by atoms with van der Waals surface area (Å²) in [6.45, 7) is 5.91. The summed E-state index contributed by atoms with van der Waals surface area (Å²) in [6.07, 6.45) is 9.52. The van der Waals surface area contributed by atoms with E-state index in [-0.39, 0.29) is 24.0 Å². The highest BCUT2D eigenvalue weighted by molar-refractivity contribution is 14.0. The first-order valence-electron chi connectivity index (χ1n) is 10.6. The maximum atomic E-state index is 6.09. The zero-order valence-electron chi connectivity index (χ0n) is 16.8. The van der Waals surface area contributed by atoms with Gasteiger partial charge in [-0.2, -0.15) is 0 Å². The summed E-state index contributed by atoms with van der Waals surface area (Å²) in [5.41, 5.74) is 0.351. The Labute approximate surface area is 185 Å². The zero-order chi connectivity index (χ0) is 18.5. The van der Waals surface area contributed by atoms with Gasteiger partial charge < -0.3 is 24.5 Å². The lowest BCUT2D eigenvalue weighted by Gasteiger charge is -2.57. The van der Waals surface area contributed by atoms with Crippen LogP contribution in [0.25, 0.3) is 0 Å². The van der Waals surface area contributed by atoms with Crippen molar-refractivity contribution in [3.8, 4) is 0 Å². The second kappa shape index (κ2) is 10.3. The third-order valence-electron chi connectivity index (χ3n) is 6.46. The Bertz CT molecular complexity index is 616. The smallest absolute Gasteiger partial charge is 0.191 e. The summed E-state index contributed by atoms with van der Waals surface area (Å²) < 4.78 is 17.0. The van der Waals surface area contributed by atoms with Gasteiger partial charge in [-0.3, -0.25) is 4.99 Å². The maximum absolute atomic E-state index is 6.09. The van der Waals surface area contributed by atoms with Crippen molar-refractivity contribution in [2.75, 3.05) is 26.3 Å². The van der Waals surface area contributed by atoms with Crippen molar-refractivity contribution < 1.29 is 13.9 Å². The Balaban J connectivity index is 0.00000225. The van der Waals surface area contributed by atoms with Gasteiger partial charge in [-0.1, -0.05) is 12.8 Å². The van der Waals surface area contributed by atoms with Gasteiger partial charge in [-0.15, -0.1) is 24.0 Å². The van der Waals surface area contributed by atoms with E-state index in [9.17, 15) is 0 Å². The number of fused-ring (bicyclic) bond motifs is 2. The maximum Gasteiger partial charge on any atom is 0.191 e. The second-order valence-electron chi connectivity index (χ2n) is 8.05. The van der Waals surface area contributed by atoms with E-state index in [0.717, 1.165) is 37.8 Å². The van der Waals surface area contributed by atoms with Crippen molar-refractivity contribution in [2.24, 2.45) is 16.3 Å². The molecular weight excluding hydrogens is 469 g/mol. The molecule has 2 N–H and O–H groups in total. The van der Waals surface area contributed by atoms with Crippen LogP contribution in [-0.2, 0) is 16.1 Å². The fraction of sp³-hybridized carbons (Fsp3) is 0.762. The largest absolute Gasteiger partial charge is 0.467 e. The third kappa shape index (κ3) is 4.51. The fourth-order valence-corrected chi connectivity index (χ4v) is 5.30. The molecule has 0 aromatic carbocycles. The van der Waals surface area contributed by atoms with Crippen LogP contribution in [0.15, 0.2) is 27.8 Å². The molecular formula is C21H34IN3O3. The molecule has 3 unspecified atom stereocenters. The van der Waals surface area contributed by atoms with E-state index in [2.05, 4.69) is 17.6 Å². The van der Waals surface area contributed by atoms with Gasteiger partial charge in [0.25, 0.3) is 0 Å². The van der Waals surface area contributed by atoms with Crippen molar-refractivity contribution in [3.05, 3.63) is 24.2 Å². The molecule has 3 fully saturated rings. The number of hydrogen-bond acceptors (Lipinski definition) is 4. The predicted molar refractivity (Wildman–Crippen MR) is 120 cm³/mol. The summed E-state index contributed by atoms with van der Waals surface area (Å²) in [5, 5.41) is 7.20. The molecule has 1 saturated heterocycles. The summed E-state index contributed by atoms with van der Waals surface area (Å²) in [5.74, 6) is 2.47. The molecule has 0 amide bonds. The minimum Gasteiger partial charge on any atom is -0.467 e. The highest BCUT2D eigenvalue weighted by atomic mass is 127. The Morgan fingerprint density at radius 2 is 2.21 bits per heavy atom. The van der Waals surface area contributed by atoms with E-state index in [4.69, 9.17) is 18.9 Å². The van der Waals surface area contributed by atoms with Gasteiger partial charge >= 0.3 is 0 Å². The molecule has 1 aromatic heterocycles. The van der Waals surface area contributed by atoms with E-state index in [0.29, 0.717) is 36.7 Å². The number of rotatable bonds is 8. The molecule has 2 heterocycles. The summed E-state index contributed by atoms with van der Waals surface area (Å²) in [4.78, 5) is 4.79. The van der Waals surface area contributed by atoms with Crippen LogP contribution in [0.1, 0.15) is 51.2 Å². The number of guanidine groups is 1. The first-order valence-corrected chi connectivity index (χ1v) is 10.6. The molecule has 158 valence electrons. The average molecular weight is 503 g/mol. The summed E-state index contributed by atoms with van der Waals surface area (Å²) >= 11 is 0. The topological polar surface area (TPSA) is 68.0 Å². The molecule has 3 aliphatic rings. The molecule has 1 aromatic rings. The normalized spacial score (nSPS) is 27.9. The Morgan fingerprint density at radius 3 is 2.96 bits per heavy atom. The molecule has 28 heavy (non-hydrogen) atoms. The van der Waals surface area contributed by atoms with Crippen LogP contribution in [0.3, 0.4) is 0 Å². The van der Waals surface area contributed by atoms with Crippen molar-refractivity contribution in [1.29, 1.82) is 0 Å². The van der Waals surface area contributed by atoms with Gasteiger partial charge in [0.1, 0.15) is 12.4 Å². The predicted octanol–water partition coefficient (Wildman–Crippen LogP) is 3.71. The molecule has 3 atom stereocenters. The van der Waals surface area contributed by atoms with E-state index < -0.39 is 0 Å². The number of furan rings is 1. The van der Waals surface area contributed by atoms with Crippen LogP contribution in [0.4, 0.5) is 0 Å². The van der Waals surface area contributed by atoms with Crippen molar-refractivity contribution in [1.82, 2.24) is 10.6 Å². The number of ether oxygens (including phenoxy) is 2. The molecule has 2 saturated carbocycles. The molecule has 7 heteroatoms. The van der Waals surface area contributed by atoms with E-state index >= 15 is 0 Å². The quantitative estimate of drug-likeness (QED) is 0.245. The molecule has 1 aliphatic heterocycles. The minimum atomic E-state index is 0. The molecule has 1 spiro atoms. The monoisotopic (exact) mass is 503 g/mol. The number of halogens is 1. The molecule has 0 radical (unpaired) electrons. The van der Waals surface area contributed by atoms with Crippen LogP contribution in [0.5, 0.6) is 0 Å². The van der Waals surface area contributed by atoms with Gasteiger partial charge in [0, 0.05) is 43.7 Å². The number of nitrogens with zero attached hydrogens (tertiary/aromatic N) is 1. The van der Waals surface area contributed by atoms with Crippen molar-refractivity contribution in [2.45, 2.75) is 64.2 Å². The first-order chi connectivity index (χ1) is 13.3. The lowest BCUT2D eigenvalue weighted by Crippen LogP contribution is -2.69. The van der Waals surface area contributed by atoms with E-state index in [1.54, 1.807) is 6.26 Å². The van der Waals surface area contributed by atoms with Gasteiger partial charge in [0.05, 0.1) is 12.4 Å². The second-order valence-corrected chi connectivity index (χ2v) is 8.05. The van der Waals surface area contributed by atoms with Crippen molar-refractivity contribution >= 4 is 29.9 Å². The zero-order valence-corrected chi connectivity index (χ0v) is 19.2. The van der Waals surface area contributed by atoms with Gasteiger partial charge in [0.2, 0.25) is 0 Å². The highest BCUT2D eigenvalue weighted by Crippen LogP contribution is 2.60. The number of hydrogen-bond donors (Lipinski definition) is 2. The first kappa shape index (κ1) is 21.9. The highest BCUT2D eigenvalue weighted by Gasteiger charge is 2.65. The summed E-state index contributed by atoms with van der Waals surface area (Å²) in [6, 6.07) is 4.33. The molecule has 6 nitrogen and oxygen atoms in total. The Kier molecular flexibility index (Phi) is 8.05. The van der Waals surface area contributed by atoms with E-state index in [1.807, 2.05) is 12.1 Å². The minimum absolute atomic E-state index is 0. The SMILES string of the molecule is CCNC(=NCCCOCc1ccco1)NC1C2CCOC2C12CCCC2.I. The molecule has 2 aliphatic carbocycles. The van der Waals surface area contributed by atoms with Gasteiger partial charge in [-0.05, 0) is 44.7 Å². The molecule has 0 bridgehead atoms. The van der Waals surface area contributed by atoms with Crippen LogP contribution < -0.4 is 10.6 Å². The number of nitrogens with one attached hydrogen (secondary N) is 2. The van der Waals surface area contributed by atoms with Crippen LogP contribution >= 0.6 is 24.0 Å². The standard InChI is InChI=1S/C21H33N3O3.HI/c1-2-22-20(23-11-6-12-25-15-16-7-5-13-26-16)24-18-17-8-14-27-19(17)21(18)9-3-4-10-21;/h5,7,13,17-19H,2-4,6,8-12,14-15H2,1H3,(H2,22,23,24);1H.